The second-order valence-corrected chi connectivity index (χ2v) is 9.97. The highest BCUT2D eigenvalue weighted by molar-refractivity contribution is 9.10. The van der Waals surface area contributed by atoms with Gasteiger partial charge in [0, 0.05) is 28.2 Å². The summed E-state index contributed by atoms with van der Waals surface area (Å²) in [4.78, 5) is 16.8. The third kappa shape index (κ3) is 6.02. The van der Waals surface area contributed by atoms with Crippen LogP contribution >= 0.6 is 27.3 Å². The van der Waals surface area contributed by atoms with Crippen LogP contribution in [0.3, 0.4) is 0 Å². The van der Waals surface area contributed by atoms with Gasteiger partial charge in [0.25, 0.3) is 5.91 Å². The molecule has 0 saturated carbocycles. The van der Waals surface area contributed by atoms with E-state index in [0.717, 1.165) is 37.6 Å². The molecule has 0 aliphatic carbocycles. The van der Waals surface area contributed by atoms with Crippen LogP contribution < -0.4 is 15.4 Å². The summed E-state index contributed by atoms with van der Waals surface area (Å²) >= 11 is 4.86. The predicted molar refractivity (Wildman–Crippen MR) is 150 cm³/mol. The molecule has 0 bridgehead atoms. The highest BCUT2D eigenvalue weighted by Gasteiger charge is 2.14. The van der Waals surface area contributed by atoms with Gasteiger partial charge in [-0.3, -0.25) is 9.78 Å². The van der Waals surface area contributed by atoms with Crippen molar-refractivity contribution in [1.29, 1.82) is 0 Å². The molecule has 9 heteroatoms. The van der Waals surface area contributed by atoms with E-state index in [-0.39, 0.29) is 5.91 Å². The van der Waals surface area contributed by atoms with Crippen molar-refractivity contribution in [3.8, 4) is 16.3 Å². The molecule has 2 aromatic heterocycles. The van der Waals surface area contributed by atoms with E-state index >= 15 is 0 Å². The number of nitrogens with one attached hydrogen (secondary N) is 2. The van der Waals surface area contributed by atoms with E-state index in [2.05, 4.69) is 41.7 Å². The van der Waals surface area contributed by atoms with Crippen molar-refractivity contribution in [1.82, 2.24) is 15.2 Å². The summed E-state index contributed by atoms with van der Waals surface area (Å²) < 4.78 is 6.81. The number of pyridine rings is 1. The largest absolute Gasteiger partial charge is 0.488 e. The van der Waals surface area contributed by atoms with Crippen LogP contribution in [-0.2, 0) is 6.61 Å². The molecule has 1 amide bonds. The Hall–Kier alpha value is -4.08. The number of ether oxygens (including phenoxy) is 1. The van der Waals surface area contributed by atoms with Gasteiger partial charge in [0.1, 0.15) is 12.4 Å². The van der Waals surface area contributed by atoms with Crippen LogP contribution in [0, 0.1) is 6.92 Å². The topological polar surface area (TPSA) is 89.0 Å². The average Bonchev–Trinajstić information content (AvgIpc) is 3.38. The van der Waals surface area contributed by atoms with Gasteiger partial charge in [0.05, 0.1) is 11.1 Å². The van der Waals surface area contributed by atoms with Crippen LogP contribution in [0.4, 0.5) is 16.5 Å². The van der Waals surface area contributed by atoms with Gasteiger partial charge in [-0.2, -0.15) is 0 Å². The maximum Gasteiger partial charge on any atom is 0.256 e. The fourth-order valence-electron chi connectivity index (χ4n) is 3.59. The fraction of sp³-hybridized carbons (Fsp3) is 0.0714. The third-order valence-corrected chi connectivity index (χ3v) is 7.11. The van der Waals surface area contributed by atoms with Gasteiger partial charge >= 0.3 is 0 Å². The van der Waals surface area contributed by atoms with Gasteiger partial charge in [-0.05, 0) is 82.5 Å². The summed E-state index contributed by atoms with van der Waals surface area (Å²) in [6, 6.07) is 24.6. The molecule has 0 radical (unpaired) electrons. The number of carbonyl (C=O) groups is 1. The number of hydrogen-bond acceptors (Lipinski definition) is 7. The monoisotopic (exact) mass is 571 g/mol. The Morgan fingerprint density at radius 3 is 2.59 bits per heavy atom. The summed E-state index contributed by atoms with van der Waals surface area (Å²) in [5.41, 5.74) is 4.98. The Morgan fingerprint density at radius 2 is 1.76 bits per heavy atom. The molecule has 0 aliphatic heterocycles. The molecular formula is C28H22BrN5O2S. The van der Waals surface area contributed by atoms with Gasteiger partial charge in [-0.1, -0.05) is 41.7 Å². The average molecular weight is 572 g/mol. The summed E-state index contributed by atoms with van der Waals surface area (Å²) in [6.07, 6.45) is 3.49. The molecular weight excluding hydrogens is 550 g/mol. The number of carbonyl (C=O) groups excluding carboxylic acids is 1. The predicted octanol–water partition coefficient (Wildman–Crippen LogP) is 7.25. The molecule has 3 aromatic carbocycles. The number of halogens is 1. The first-order valence-corrected chi connectivity index (χ1v) is 13.1. The number of nitrogens with zero attached hydrogens (tertiary/aromatic N) is 3. The van der Waals surface area contributed by atoms with Crippen LogP contribution in [0.2, 0.25) is 0 Å². The van der Waals surface area contributed by atoms with Gasteiger partial charge in [-0.15, -0.1) is 10.2 Å². The highest BCUT2D eigenvalue weighted by Crippen LogP contribution is 2.35. The minimum atomic E-state index is -0.191. The van der Waals surface area contributed by atoms with Crippen molar-refractivity contribution >= 4 is 49.7 Å². The number of aromatic nitrogens is 3. The van der Waals surface area contributed by atoms with Gasteiger partial charge in [0.15, 0.2) is 5.01 Å². The molecule has 0 unspecified atom stereocenters. The molecule has 0 fully saturated rings. The Morgan fingerprint density at radius 1 is 0.973 bits per heavy atom. The molecule has 0 aliphatic rings. The minimum absolute atomic E-state index is 0.191. The smallest absolute Gasteiger partial charge is 0.256 e. The van der Waals surface area contributed by atoms with Crippen LogP contribution in [0.25, 0.3) is 10.6 Å². The van der Waals surface area contributed by atoms with Crippen molar-refractivity contribution in [3.63, 3.8) is 0 Å². The van der Waals surface area contributed by atoms with E-state index < -0.39 is 0 Å². The first-order valence-electron chi connectivity index (χ1n) is 11.4. The van der Waals surface area contributed by atoms with Gasteiger partial charge in [-0.25, -0.2) is 0 Å². The number of rotatable bonds is 8. The number of hydrogen-bond donors (Lipinski definition) is 2. The number of anilines is 3. The van der Waals surface area contributed by atoms with Crippen molar-refractivity contribution in [2.45, 2.75) is 13.5 Å². The Balaban J connectivity index is 1.31. The van der Waals surface area contributed by atoms with E-state index in [0.29, 0.717) is 23.0 Å². The SMILES string of the molecule is Cc1ccc(NC(=O)c2ccccc2Br)cc1Nc1nnc(-c2ccccc2OCc2ccncc2)s1. The number of aryl methyl sites for hydroxylation is 1. The zero-order chi connectivity index (χ0) is 25.6. The standard InChI is InChI=1S/C28H22BrN5O2S/c1-18-10-11-20(31-26(35)21-6-2-4-8-23(21)29)16-24(18)32-28-34-33-27(37-28)22-7-3-5-9-25(22)36-17-19-12-14-30-15-13-19/h2-16H,17H2,1H3,(H,31,35)(H,32,34). The molecule has 0 saturated heterocycles. The second-order valence-electron chi connectivity index (χ2n) is 8.14. The highest BCUT2D eigenvalue weighted by atomic mass is 79.9. The molecule has 5 rings (SSSR count). The molecule has 2 N–H and O–H groups in total. The first kappa shape index (κ1) is 24.6. The zero-order valence-corrected chi connectivity index (χ0v) is 22.2. The van der Waals surface area contributed by atoms with Crippen molar-refractivity contribution in [3.05, 3.63) is 112 Å². The van der Waals surface area contributed by atoms with E-state index in [1.807, 2.05) is 79.7 Å². The Labute approximate surface area is 226 Å². The third-order valence-electron chi connectivity index (χ3n) is 5.54. The quantitative estimate of drug-likeness (QED) is 0.204. The molecule has 5 aromatic rings. The second kappa shape index (κ2) is 11.3. The summed E-state index contributed by atoms with van der Waals surface area (Å²) in [7, 11) is 0. The number of para-hydroxylation sites is 1. The van der Waals surface area contributed by atoms with Crippen molar-refractivity contribution in [2.75, 3.05) is 10.6 Å². The lowest BCUT2D eigenvalue weighted by atomic mass is 10.1. The van der Waals surface area contributed by atoms with Gasteiger partial charge in [0.2, 0.25) is 5.13 Å². The van der Waals surface area contributed by atoms with Crippen molar-refractivity contribution in [2.24, 2.45) is 0 Å². The lowest BCUT2D eigenvalue weighted by molar-refractivity contribution is 0.102. The lowest BCUT2D eigenvalue weighted by Crippen LogP contribution is -2.12. The molecule has 7 nitrogen and oxygen atoms in total. The van der Waals surface area contributed by atoms with Crippen LogP contribution in [0.1, 0.15) is 21.5 Å². The molecule has 2 heterocycles. The maximum absolute atomic E-state index is 12.7. The van der Waals surface area contributed by atoms with Crippen molar-refractivity contribution < 1.29 is 9.53 Å². The zero-order valence-electron chi connectivity index (χ0n) is 19.8. The molecule has 184 valence electrons. The summed E-state index contributed by atoms with van der Waals surface area (Å²) in [6.45, 7) is 2.42. The summed E-state index contributed by atoms with van der Waals surface area (Å²) in [5.74, 6) is 0.541. The van der Waals surface area contributed by atoms with E-state index in [9.17, 15) is 4.79 Å². The minimum Gasteiger partial charge on any atom is -0.488 e. The molecule has 37 heavy (non-hydrogen) atoms. The lowest BCUT2D eigenvalue weighted by Gasteiger charge is -2.11. The molecule has 0 spiro atoms. The number of benzene rings is 3. The van der Waals surface area contributed by atoms with E-state index in [4.69, 9.17) is 4.74 Å². The Bertz CT molecular complexity index is 1540. The molecule has 0 atom stereocenters. The van der Waals surface area contributed by atoms with Crippen LogP contribution in [0.5, 0.6) is 5.75 Å². The maximum atomic E-state index is 12.7. The summed E-state index contributed by atoms with van der Waals surface area (Å²) in [5, 5.41) is 16.4. The van der Waals surface area contributed by atoms with E-state index in [1.54, 1.807) is 18.5 Å². The number of amides is 1. The van der Waals surface area contributed by atoms with Gasteiger partial charge < -0.3 is 15.4 Å². The fourth-order valence-corrected chi connectivity index (χ4v) is 4.84. The van der Waals surface area contributed by atoms with Crippen LogP contribution in [0.15, 0.2) is 95.7 Å². The first-order chi connectivity index (χ1) is 18.1. The Kier molecular flexibility index (Phi) is 7.53. The normalized spacial score (nSPS) is 10.6. The van der Waals surface area contributed by atoms with Crippen LogP contribution in [-0.4, -0.2) is 21.1 Å². The van der Waals surface area contributed by atoms with E-state index in [1.165, 1.54) is 11.3 Å².